The van der Waals surface area contributed by atoms with Crippen LogP contribution < -0.4 is 5.46 Å². The Morgan fingerprint density at radius 2 is 2.00 bits per heavy atom. The Morgan fingerprint density at radius 1 is 1.40 bits per heavy atom. The molecule has 0 aliphatic heterocycles. The third kappa shape index (κ3) is 1.34. The molecule has 0 bridgehead atoms. The highest BCUT2D eigenvalue weighted by Crippen LogP contribution is 2.08. The summed E-state index contributed by atoms with van der Waals surface area (Å²) >= 11 is 0. The van der Waals surface area contributed by atoms with Gasteiger partial charge in [-0.3, -0.25) is 0 Å². The summed E-state index contributed by atoms with van der Waals surface area (Å²) in [6.45, 7) is -3.23. The zero-order chi connectivity index (χ0) is 7.78. The molecule has 10 heavy (non-hydrogen) atoms. The molecule has 0 unspecified atom stereocenters. The Labute approximate surface area is 56.3 Å². The van der Waals surface area contributed by atoms with Crippen molar-refractivity contribution >= 4 is 12.4 Å². The molecule has 0 spiro atoms. The van der Waals surface area contributed by atoms with E-state index in [0.717, 1.165) is 12.3 Å². The molecule has 0 saturated carbocycles. The van der Waals surface area contributed by atoms with Crippen molar-refractivity contribution in [3.8, 4) is 0 Å². The van der Waals surface area contributed by atoms with Crippen LogP contribution in [0.5, 0.6) is 0 Å². The number of nitrogens with one attached hydrogen (secondary N) is 1. The molecule has 0 amide bonds. The summed E-state index contributed by atoms with van der Waals surface area (Å²) in [5, 5.41) is 0. The van der Waals surface area contributed by atoms with Crippen LogP contribution in [0.2, 0.25) is 0 Å². The van der Waals surface area contributed by atoms with Crippen LogP contribution in [0.25, 0.3) is 0 Å². The number of rotatable bonds is 1. The Bertz CT molecular complexity index is 227. The lowest BCUT2D eigenvalue weighted by molar-refractivity contribution is 0.501. The average Bonchev–Trinajstić information content (AvgIpc) is 2.11. The summed E-state index contributed by atoms with van der Waals surface area (Å²) in [5.74, 6) is 0. The second kappa shape index (κ2) is 2.07. The lowest BCUT2D eigenvalue weighted by Gasteiger charge is -2.10. The lowest BCUT2D eigenvalue weighted by atomic mass is 9.82. The van der Waals surface area contributed by atoms with Crippen molar-refractivity contribution < 1.29 is 12.9 Å². The largest absolute Gasteiger partial charge is 0.511 e. The molecule has 0 aliphatic carbocycles. The van der Waals surface area contributed by atoms with Crippen LogP contribution in [0, 0.1) is 6.92 Å². The van der Waals surface area contributed by atoms with Crippen LogP contribution in [0.4, 0.5) is 12.9 Å². The summed E-state index contributed by atoms with van der Waals surface area (Å²) in [6.07, 6.45) is 0.981. The van der Waals surface area contributed by atoms with Crippen LogP contribution in [0.15, 0.2) is 12.3 Å². The fourth-order valence-corrected chi connectivity index (χ4v) is 0.719. The molecule has 5 heteroatoms. The van der Waals surface area contributed by atoms with Gasteiger partial charge in [0.1, 0.15) is 0 Å². The Balaban J connectivity index is 2.96. The first-order chi connectivity index (χ1) is 4.50. The monoisotopic (exact) mass is 148 g/mol. The van der Waals surface area contributed by atoms with E-state index in [1.54, 1.807) is 6.92 Å². The quantitative estimate of drug-likeness (QED) is 0.579. The molecule has 1 heterocycles. The molecule has 1 aromatic heterocycles. The van der Waals surface area contributed by atoms with E-state index in [-0.39, 0.29) is 0 Å². The summed E-state index contributed by atoms with van der Waals surface area (Å²) < 4.78 is 35.5. The van der Waals surface area contributed by atoms with Crippen molar-refractivity contribution in [2.75, 3.05) is 0 Å². The summed E-state index contributed by atoms with van der Waals surface area (Å²) in [5.41, 5.74) is -0.0216. The first kappa shape index (κ1) is 7.24. The van der Waals surface area contributed by atoms with E-state index in [0.29, 0.717) is 5.69 Å². The van der Waals surface area contributed by atoms with Gasteiger partial charge in [-0.15, -0.1) is 0 Å². The van der Waals surface area contributed by atoms with Gasteiger partial charge in [-0.1, -0.05) is 11.5 Å². The zero-order valence-corrected chi connectivity index (χ0v) is 5.37. The summed E-state index contributed by atoms with van der Waals surface area (Å²) in [4.78, 5) is 2.47. The number of hydrogen-bond donors (Lipinski definition) is 1. The van der Waals surface area contributed by atoms with Gasteiger partial charge in [0, 0.05) is 5.69 Å². The predicted octanol–water partition coefficient (Wildman–Crippen LogP) is 1.38. The maximum Gasteiger partial charge on any atom is 0.511 e. The Hall–Kier alpha value is -0.865. The minimum Gasteiger partial charge on any atom is -0.445 e. The fourth-order valence-electron chi connectivity index (χ4n) is 0.719. The molecular formula is C5H6BF3N-. The maximum atomic E-state index is 11.8. The molecule has 0 aromatic carbocycles. The molecule has 0 saturated heterocycles. The van der Waals surface area contributed by atoms with Crippen molar-refractivity contribution in [1.29, 1.82) is 0 Å². The van der Waals surface area contributed by atoms with Gasteiger partial charge in [0.15, 0.2) is 0 Å². The van der Waals surface area contributed by atoms with Gasteiger partial charge >= 0.3 is 6.98 Å². The van der Waals surface area contributed by atoms with E-state index in [2.05, 4.69) is 4.98 Å². The molecule has 1 nitrogen and oxygen atoms in total. The first-order valence-corrected chi connectivity index (χ1v) is 2.85. The second-order valence-corrected chi connectivity index (χ2v) is 2.19. The van der Waals surface area contributed by atoms with E-state index < -0.39 is 12.4 Å². The number of hydrogen-bond acceptors (Lipinski definition) is 0. The SMILES string of the molecule is Cc1cc([B-](F)(F)F)c[nH]1. The number of aromatic nitrogens is 1. The predicted molar refractivity (Wildman–Crippen MR) is 34.2 cm³/mol. The van der Waals surface area contributed by atoms with Crippen molar-refractivity contribution in [2.24, 2.45) is 0 Å². The van der Waals surface area contributed by atoms with Crippen molar-refractivity contribution in [2.45, 2.75) is 6.92 Å². The van der Waals surface area contributed by atoms with E-state index in [1.807, 2.05) is 0 Å². The van der Waals surface area contributed by atoms with Crippen LogP contribution in [-0.4, -0.2) is 12.0 Å². The standard InChI is InChI=1S/C5H6BF3N/c1-4-2-5(3-10-4)6(7,8)9/h2-3,10H,1H3/q-1. The normalized spacial score (nSPS) is 12.0. The highest BCUT2D eigenvalue weighted by molar-refractivity contribution is 6.73. The summed E-state index contributed by atoms with van der Waals surface area (Å²) in [7, 11) is 0. The first-order valence-electron chi connectivity index (χ1n) is 2.85. The lowest BCUT2D eigenvalue weighted by Crippen LogP contribution is -2.32. The van der Waals surface area contributed by atoms with E-state index in [1.165, 1.54) is 0 Å². The van der Waals surface area contributed by atoms with Gasteiger partial charge in [0.25, 0.3) is 0 Å². The number of aromatic amines is 1. The molecule has 0 aliphatic rings. The molecule has 56 valence electrons. The van der Waals surface area contributed by atoms with Crippen molar-refractivity contribution in [1.82, 2.24) is 4.98 Å². The van der Waals surface area contributed by atoms with Gasteiger partial charge in [-0.2, -0.15) is 0 Å². The highest BCUT2D eigenvalue weighted by atomic mass is 19.4. The minimum absolute atomic E-state index is 0.536. The van der Waals surface area contributed by atoms with E-state index in [4.69, 9.17) is 0 Å². The number of aryl methyl sites for hydroxylation is 1. The zero-order valence-electron chi connectivity index (χ0n) is 5.37. The maximum absolute atomic E-state index is 11.8. The van der Waals surface area contributed by atoms with Gasteiger partial charge in [-0.25, -0.2) is 0 Å². The van der Waals surface area contributed by atoms with Crippen LogP contribution >= 0.6 is 0 Å². The number of H-pyrrole nitrogens is 1. The Morgan fingerprint density at radius 3 is 2.20 bits per heavy atom. The second-order valence-electron chi connectivity index (χ2n) is 2.19. The molecule has 1 aromatic rings. The smallest absolute Gasteiger partial charge is 0.445 e. The van der Waals surface area contributed by atoms with Gasteiger partial charge < -0.3 is 17.9 Å². The topological polar surface area (TPSA) is 15.8 Å². The molecule has 0 atom stereocenters. The van der Waals surface area contributed by atoms with Crippen molar-refractivity contribution in [3.05, 3.63) is 18.0 Å². The van der Waals surface area contributed by atoms with Crippen LogP contribution in [0.1, 0.15) is 5.69 Å². The fraction of sp³-hybridized carbons (Fsp3) is 0.200. The molecule has 0 fully saturated rings. The number of halogens is 3. The molecule has 1 rings (SSSR count). The average molecular weight is 148 g/mol. The van der Waals surface area contributed by atoms with E-state index >= 15 is 0 Å². The van der Waals surface area contributed by atoms with Crippen LogP contribution in [0.3, 0.4) is 0 Å². The molecule has 1 N–H and O–H groups in total. The van der Waals surface area contributed by atoms with Crippen LogP contribution in [-0.2, 0) is 0 Å². The molecular weight excluding hydrogens is 142 g/mol. The van der Waals surface area contributed by atoms with Gasteiger partial charge in [0.05, 0.1) is 0 Å². The Kier molecular flexibility index (Phi) is 1.50. The summed E-state index contributed by atoms with van der Waals surface area (Å²) in [6, 6.07) is 1.10. The molecule has 0 radical (unpaired) electrons. The van der Waals surface area contributed by atoms with Gasteiger partial charge in [0.2, 0.25) is 0 Å². The minimum atomic E-state index is -4.81. The third-order valence-electron chi connectivity index (χ3n) is 1.23. The van der Waals surface area contributed by atoms with Crippen molar-refractivity contribution in [3.63, 3.8) is 0 Å². The van der Waals surface area contributed by atoms with E-state index in [9.17, 15) is 12.9 Å². The third-order valence-corrected chi connectivity index (χ3v) is 1.23. The highest BCUT2D eigenvalue weighted by Gasteiger charge is 2.25. The van der Waals surface area contributed by atoms with Gasteiger partial charge in [-0.05, 0) is 13.1 Å².